The van der Waals surface area contributed by atoms with Crippen LogP contribution in [0, 0.1) is 5.92 Å². The number of rotatable bonds is 7. The van der Waals surface area contributed by atoms with Crippen molar-refractivity contribution in [2.75, 3.05) is 24.6 Å². The normalized spacial score (nSPS) is 20.8. The molecule has 0 aromatic rings. The summed E-state index contributed by atoms with van der Waals surface area (Å²) in [6, 6.07) is -0.177. The van der Waals surface area contributed by atoms with Crippen molar-refractivity contribution >= 4 is 58.0 Å². The molecule has 0 radical (unpaired) electrons. The van der Waals surface area contributed by atoms with Gasteiger partial charge in [0.2, 0.25) is 16.1 Å². The van der Waals surface area contributed by atoms with E-state index >= 15 is 0 Å². The van der Waals surface area contributed by atoms with Gasteiger partial charge >= 0.3 is 5.97 Å². The molecule has 2 heterocycles. The third-order valence-electron chi connectivity index (χ3n) is 5.04. The van der Waals surface area contributed by atoms with Gasteiger partial charge in [0.15, 0.2) is 0 Å². The maximum atomic E-state index is 12.5. The number of carbonyl (C=O) groups is 4. The third kappa shape index (κ3) is 12.0. The van der Waals surface area contributed by atoms with Crippen LogP contribution in [0.15, 0.2) is 0 Å². The summed E-state index contributed by atoms with van der Waals surface area (Å²) in [7, 11) is 0. The lowest BCUT2D eigenvalue weighted by molar-refractivity contribution is -0.158. The molecule has 0 aliphatic carbocycles. The number of nitrogens with zero attached hydrogens (tertiary/aromatic N) is 1. The molecule has 3 atom stereocenters. The Morgan fingerprint density at radius 3 is 2.15 bits per heavy atom. The Balaban J connectivity index is 0.000000779. The Hall–Kier alpha value is -0.770. The van der Waals surface area contributed by atoms with Crippen molar-refractivity contribution in [3.8, 4) is 0 Å². The second-order valence-corrected chi connectivity index (χ2v) is 11.6. The molecule has 7 nitrogen and oxygen atoms in total. The van der Waals surface area contributed by atoms with E-state index in [1.165, 1.54) is 23.5 Å². The number of nitrogens with one attached hydrogen (secondary N) is 1. The highest BCUT2D eigenvalue weighted by atomic mass is 35.5. The molecule has 0 saturated carbocycles. The molecule has 1 N–H and O–H groups in total. The molecule has 33 heavy (non-hydrogen) atoms. The van der Waals surface area contributed by atoms with E-state index in [-0.39, 0.29) is 47.9 Å². The zero-order valence-electron chi connectivity index (χ0n) is 20.8. The summed E-state index contributed by atoms with van der Waals surface area (Å²) < 4.78 is 5.25. The Morgan fingerprint density at radius 2 is 1.64 bits per heavy atom. The molecular formula is C23H41ClN2O5S2. The summed E-state index contributed by atoms with van der Waals surface area (Å²) >= 11 is 2.69. The van der Waals surface area contributed by atoms with Gasteiger partial charge in [0.05, 0.1) is 12.5 Å². The summed E-state index contributed by atoms with van der Waals surface area (Å²) in [4.78, 5) is 49.2. The van der Waals surface area contributed by atoms with Crippen LogP contribution in [0.2, 0.25) is 0 Å². The van der Waals surface area contributed by atoms with Crippen LogP contribution in [-0.4, -0.2) is 69.3 Å². The van der Waals surface area contributed by atoms with Crippen LogP contribution in [0.1, 0.15) is 73.6 Å². The monoisotopic (exact) mass is 524 g/mol. The highest BCUT2D eigenvalue weighted by Gasteiger charge is 2.36. The summed E-state index contributed by atoms with van der Waals surface area (Å²) in [5, 5.41) is 3.54. The first-order valence-electron chi connectivity index (χ1n) is 11.6. The van der Waals surface area contributed by atoms with Gasteiger partial charge < -0.3 is 15.0 Å². The van der Waals surface area contributed by atoms with Crippen LogP contribution >= 0.6 is 35.9 Å². The lowest BCUT2D eigenvalue weighted by Gasteiger charge is -2.27. The number of hydrogen-bond donors (Lipinski definition) is 1. The van der Waals surface area contributed by atoms with Crippen molar-refractivity contribution in [1.29, 1.82) is 0 Å². The minimum Gasteiger partial charge on any atom is -0.460 e. The van der Waals surface area contributed by atoms with Crippen LogP contribution in [0.3, 0.4) is 0 Å². The molecule has 0 spiro atoms. The summed E-state index contributed by atoms with van der Waals surface area (Å²) in [5.41, 5.74) is -0.552. The Kier molecular flexibility index (Phi) is 15.6. The molecule has 2 rings (SSSR count). The minimum absolute atomic E-state index is 0. The maximum absolute atomic E-state index is 12.5. The molecule has 2 saturated heterocycles. The first-order valence-corrected chi connectivity index (χ1v) is 13.6. The predicted molar refractivity (Wildman–Crippen MR) is 139 cm³/mol. The molecule has 10 heteroatoms. The topological polar surface area (TPSA) is 92.8 Å². The SMILES string of the molecule is CCSC(=O)[C@@H]1CCCN1.CCSC(=O)[C@@H]1CCCN1C(=O)[C@H](C)CC(=O)OC(C)(C)C.Cl. The van der Waals surface area contributed by atoms with Crippen LogP contribution in [-0.2, 0) is 23.9 Å². The van der Waals surface area contributed by atoms with Crippen molar-refractivity contribution < 1.29 is 23.9 Å². The number of ether oxygens (including phenoxy) is 1. The van der Waals surface area contributed by atoms with E-state index in [1.54, 1.807) is 32.6 Å². The molecule has 0 aromatic carbocycles. The molecule has 0 bridgehead atoms. The smallest absolute Gasteiger partial charge is 0.307 e. The Morgan fingerprint density at radius 1 is 1.03 bits per heavy atom. The molecule has 0 aromatic heterocycles. The average Bonchev–Trinajstić information content (AvgIpc) is 3.38. The number of carbonyl (C=O) groups excluding carboxylic acids is 4. The number of hydrogen-bond acceptors (Lipinski definition) is 8. The quantitative estimate of drug-likeness (QED) is 0.498. The lowest BCUT2D eigenvalue weighted by Crippen LogP contribution is -2.43. The molecule has 2 aliphatic heterocycles. The van der Waals surface area contributed by atoms with Crippen molar-refractivity contribution in [1.82, 2.24) is 10.2 Å². The fourth-order valence-corrected chi connectivity index (χ4v) is 5.06. The van der Waals surface area contributed by atoms with Gasteiger partial charge in [0.1, 0.15) is 11.6 Å². The minimum atomic E-state index is -0.552. The van der Waals surface area contributed by atoms with Crippen LogP contribution in [0.4, 0.5) is 0 Å². The zero-order chi connectivity index (χ0) is 24.3. The highest BCUT2D eigenvalue weighted by Crippen LogP contribution is 2.25. The second kappa shape index (κ2) is 16.0. The van der Waals surface area contributed by atoms with Gasteiger partial charge in [-0.15, -0.1) is 12.4 Å². The van der Waals surface area contributed by atoms with Gasteiger partial charge in [-0.05, 0) is 64.5 Å². The number of halogens is 1. The highest BCUT2D eigenvalue weighted by molar-refractivity contribution is 8.14. The maximum Gasteiger partial charge on any atom is 0.307 e. The van der Waals surface area contributed by atoms with Gasteiger partial charge in [-0.2, -0.15) is 0 Å². The van der Waals surface area contributed by atoms with Gasteiger partial charge in [-0.25, -0.2) is 0 Å². The van der Waals surface area contributed by atoms with E-state index in [2.05, 4.69) is 5.32 Å². The Labute approximate surface area is 213 Å². The summed E-state index contributed by atoms with van der Waals surface area (Å²) in [5.74, 6) is 0.647. The number of esters is 1. The van der Waals surface area contributed by atoms with Crippen molar-refractivity contribution in [3.05, 3.63) is 0 Å². The molecule has 192 valence electrons. The number of thioether (sulfide) groups is 2. The first-order chi connectivity index (χ1) is 15.0. The van der Waals surface area contributed by atoms with Crippen molar-refractivity contribution in [2.24, 2.45) is 5.92 Å². The molecular weight excluding hydrogens is 484 g/mol. The predicted octanol–water partition coefficient (Wildman–Crippen LogP) is 4.06. The standard InChI is InChI=1S/C16H27NO4S.C7H13NOS.ClH/c1-6-22-15(20)12-8-7-9-17(12)14(19)11(2)10-13(18)21-16(3,4)5;1-2-10-7(9)6-4-3-5-8-6;/h11-12H,6-10H2,1-5H3;6,8H,2-5H2,1H3;1H/t11-,12+;6-;/m10./s1. The van der Waals surface area contributed by atoms with E-state index in [0.29, 0.717) is 17.4 Å². The van der Waals surface area contributed by atoms with Gasteiger partial charge in [-0.3, -0.25) is 19.2 Å². The number of amides is 1. The van der Waals surface area contributed by atoms with Crippen molar-refractivity contribution in [2.45, 2.75) is 91.3 Å². The summed E-state index contributed by atoms with van der Waals surface area (Å²) in [6.45, 7) is 12.7. The van der Waals surface area contributed by atoms with Gasteiger partial charge in [-0.1, -0.05) is 44.3 Å². The molecule has 2 fully saturated rings. The largest absolute Gasteiger partial charge is 0.460 e. The van der Waals surface area contributed by atoms with Crippen LogP contribution < -0.4 is 5.32 Å². The molecule has 1 amide bonds. The third-order valence-corrected chi connectivity index (χ3v) is 6.74. The Bertz CT molecular complexity index is 651. The number of likely N-dealkylation sites (tertiary alicyclic amines) is 1. The average molecular weight is 525 g/mol. The fraction of sp³-hybridized carbons (Fsp3) is 0.826. The van der Waals surface area contributed by atoms with E-state index in [1.807, 2.05) is 13.8 Å². The van der Waals surface area contributed by atoms with E-state index in [9.17, 15) is 19.2 Å². The van der Waals surface area contributed by atoms with Crippen LogP contribution in [0.25, 0.3) is 0 Å². The molecule has 0 unspecified atom stereocenters. The van der Waals surface area contributed by atoms with Gasteiger partial charge in [0, 0.05) is 12.5 Å². The zero-order valence-corrected chi connectivity index (χ0v) is 23.3. The van der Waals surface area contributed by atoms with Gasteiger partial charge in [0.25, 0.3) is 0 Å². The van der Waals surface area contributed by atoms with Crippen LogP contribution in [0.5, 0.6) is 0 Å². The first kappa shape index (κ1) is 32.2. The molecule has 2 aliphatic rings. The van der Waals surface area contributed by atoms with E-state index < -0.39 is 11.5 Å². The fourth-order valence-electron chi connectivity index (χ4n) is 3.65. The summed E-state index contributed by atoms with van der Waals surface area (Å²) in [6.07, 6.45) is 3.79. The lowest BCUT2D eigenvalue weighted by atomic mass is 10.1. The van der Waals surface area contributed by atoms with E-state index in [0.717, 1.165) is 38.0 Å². The van der Waals surface area contributed by atoms with Crippen molar-refractivity contribution in [3.63, 3.8) is 0 Å². The second-order valence-electron chi connectivity index (χ2n) is 9.03. The van der Waals surface area contributed by atoms with E-state index in [4.69, 9.17) is 4.74 Å².